The molecular formula is C13H21NO2S. The minimum Gasteiger partial charge on any atom is -0.508 e. The molecule has 17 heavy (non-hydrogen) atoms. The van der Waals surface area contributed by atoms with Gasteiger partial charge in [-0.15, -0.1) is 0 Å². The van der Waals surface area contributed by atoms with Crippen LogP contribution >= 0.6 is 0 Å². The number of hydrogen-bond donors (Lipinski definition) is 2. The van der Waals surface area contributed by atoms with Crippen molar-refractivity contribution >= 4 is 10.8 Å². The van der Waals surface area contributed by atoms with Gasteiger partial charge in [0.15, 0.2) is 0 Å². The van der Waals surface area contributed by atoms with Crippen LogP contribution in [0.4, 0.5) is 0 Å². The van der Waals surface area contributed by atoms with Gasteiger partial charge in [0.1, 0.15) is 5.75 Å². The standard InChI is InChI=1S/C13H21NO2S/c1-10(8-9-17(3)16)14-11(2)12-6-4-5-7-13(12)15/h4-7,10-11,14-15H,8-9H2,1-3H3. The van der Waals surface area contributed by atoms with Gasteiger partial charge in [-0.05, 0) is 26.3 Å². The summed E-state index contributed by atoms with van der Waals surface area (Å²) in [7, 11) is -0.739. The maximum absolute atomic E-state index is 11.0. The first kappa shape index (κ1) is 14.2. The van der Waals surface area contributed by atoms with Gasteiger partial charge in [-0.1, -0.05) is 18.2 Å². The summed E-state index contributed by atoms with van der Waals surface area (Å²) >= 11 is 0. The molecule has 0 saturated carbocycles. The molecule has 4 heteroatoms. The smallest absolute Gasteiger partial charge is 0.120 e. The van der Waals surface area contributed by atoms with Crippen molar-refractivity contribution in [2.75, 3.05) is 12.0 Å². The number of phenolic OH excluding ortho intramolecular Hbond substituents is 1. The predicted octanol–water partition coefficient (Wildman–Crippen LogP) is 2.20. The van der Waals surface area contributed by atoms with Gasteiger partial charge in [-0.25, -0.2) is 0 Å². The van der Waals surface area contributed by atoms with Crippen molar-refractivity contribution in [1.82, 2.24) is 5.32 Å². The van der Waals surface area contributed by atoms with Crippen molar-refractivity contribution in [3.63, 3.8) is 0 Å². The van der Waals surface area contributed by atoms with E-state index in [1.165, 1.54) is 0 Å². The number of aromatic hydroxyl groups is 1. The van der Waals surface area contributed by atoms with Gasteiger partial charge >= 0.3 is 0 Å². The Morgan fingerprint density at radius 2 is 2.00 bits per heavy atom. The number of phenols is 1. The van der Waals surface area contributed by atoms with Gasteiger partial charge in [0.2, 0.25) is 0 Å². The van der Waals surface area contributed by atoms with E-state index in [-0.39, 0.29) is 12.1 Å². The molecule has 96 valence electrons. The Bertz CT molecular complexity index is 381. The SMILES string of the molecule is CC(CCS(C)=O)NC(C)c1ccccc1O. The average molecular weight is 255 g/mol. The first-order valence-electron chi connectivity index (χ1n) is 5.84. The Morgan fingerprint density at radius 3 is 2.59 bits per heavy atom. The maximum atomic E-state index is 11.0. The van der Waals surface area contributed by atoms with Crippen molar-refractivity contribution in [1.29, 1.82) is 0 Å². The zero-order valence-corrected chi connectivity index (χ0v) is 11.5. The molecule has 1 aromatic rings. The number of para-hydroxylation sites is 1. The summed E-state index contributed by atoms with van der Waals surface area (Å²) in [5.74, 6) is 1.03. The Kier molecular flexibility index (Phi) is 5.65. The minimum absolute atomic E-state index is 0.0940. The second kappa shape index (κ2) is 6.77. The minimum atomic E-state index is -0.739. The lowest BCUT2D eigenvalue weighted by Gasteiger charge is -2.20. The van der Waals surface area contributed by atoms with Crippen molar-refractivity contribution in [3.8, 4) is 5.75 Å². The second-order valence-corrected chi connectivity index (χ2v) is 5.97. The lowest BCUT2D eigenvalue weighted by Crippen LogP contribution is -2.30. The Morgan fingerprint density at radius 1 is 1.35 bits per heavy atom. The van der Waals surface area contributed by atoms with Crippen molar-refractivity contribution in [3.05, 3.63) is 29.8 Å². The summed E-state index contributed by atoms with van der Waals surface area (Å²) in [6.07, 6.45) is 2.60. The third-order valence-electron chi connectivity index (χ3n) is 2.78. The molecule has 1 aromatic carbocycles. The van der Waals surface area contributed by atoms with Crippen LogP contribution in [-0.2, 0) is 10.8 Å². The number of hydrogen-bond acceptors (Lipinski definition) is 3. The third kappa shape index (κ3) is 4.88. The molecule has 2 N–H and O–H groups in total. The zero-order chi connectivity index (χ0) is 12.8. The Hall–Kier alpha value is -0.870. The molecule has 0 radical (unpaired) electrons. The molecule has 0 fully saturated rings. The molecule has 3 nitrogen and oxygen atoms in total. The van der Waals surface area contributed by atoms with Crippen LogP contribution in [0.1, 0.15) is 31.9 Å². The number of rotatable bonds is 6. The normalized spacial score (nSPS) is 16.4. The highest BCUT2D eigenvalue weighted by atomic mass is 32.2. The monoisotopic (exact) mass is 255 g/mol. The molecule has 0 aliphatic carbocycles. The summed E-state index contributed by atoms with van der Waals surface area (Å²) in [6, 6.07) is 7.72. The lowest BCUT2D eigenvalue weighted by molar-refractivity contribution is 0.431. The fourth-order valence-corrected chi connectivity index (χ4v) is 2.48. The lowest BCUT2D eigenvalue weighted by atomic mass is 10.1. The van der Waals surface area contributed by atoms with E-state index in [4.69, 9.17) is 0 Å². The van der Waals surface area contributed by atoms with Crippen LogP contribution in [0.25, 0.3) is 0 Å². The van der Waals surface area contributed by atoms with E-state index in [1.54, 1.807) is 12.3 Å². The molecule has 0 amide bonds. The van der Waals surface area contributed by atoms with Gasteiger partial charge < -0.3 is 10.4 Å². The van der Waals surface area contributed by atoms with E-state index < -0.39 is 10.8 Å². The van der Waals surface area contributed by atoms with E-state index in [1.807, 2.05) is 25.1 Å². The van der Waals surface area contributed by atoms with Crippen molar-refractivity contribution < 1.29 is 9.32 Å². The van der Waals surface area contributed by atoms with Crippen LogP contribution in [0.15, 0.2) is 24.3 Å². The van der Waals surface area contributed by atoms with Crippen LogP contribution < -0.4 is 5.32 Å². The van der Waals surface area contributed by atoms with Crippen LogP contribution in [0.2, 0.25) is 0 Å². The molecule has 0 aliphatic heterocycles. The molecule has 1 rings (SSSR count). The van der Waals surface area contributed by atoms with Crippen LogP contribution in [0.5, 0.6) is 5.75 Å². The fourth-order valence-electron chi connectivity index (χ4n) is 1.80. The molecule has 0 bridgehead atoms. The van der Waals surface area contributed by atoms with Gasteiger partial charge in [0.25, 0.3) is 0 Å². The topological polar surface area (TPSA) is 49.3 Å². The molecular weight excluding hydrogens is 234 g/mol. The van der Waals surface area contributed by atoms with Crippen LogP contribution in [-0.4, -0.2) is 27.4 Å². The second-order valence-electron chi connectivity index (χ2n) is 4.41. The first-order valence-corrected chi connectivity index (χ1v) is 7.57. The fraction of sp³-hybridized carbons (Fsp3) is 0.538. The van der Waals surface area contributed by atoms with Gasteiger partial charge in [-0.3, -0.25) is 4.21 Å². The predicted molar refractivity (Wildman–Crippen MR) is 72.7 cm³/mol. The summed E-state index contributed by atoms with van der Waals surface area (Å²) in [5.41, 5.74) is 0.900. The highest BCUT2D eigenvalue weighted by Crippen LogP contribution is 2.23. The van der Waals surface area contributed by atoms with Crippen LogP contribution in [0, 0.1) is 0 Å². The van der Waals surface area contributed by atoms with Gasteiger partial charge in [0, 0.05) is 40.5 Å². The molecule has 0 spiro atoms. The quantitative estimate of drug-likeness (QED) is 0.819. The van der Waals surface area contributed by atoms with E-state index in [0.717, 1.165) is 12.0 Å². The molecule has 3 atom stereocenters. The van der Waals surface area contributed by atoms with E-state index >= 15 is 0 Å². The van der Waals surface area contributed by atoms with Crippen molar-refractivity contribution in [2.45, 2.75) is 32.4 Å². The largest absolute Gasteiger partial charge is 0.508 e. The van der Waals surface area contributed by atoms with E-state index in [2.05, 4.69) is 12.2 Å². The summed E-state index contributed by atoms with van der Waals surface area (Å²) in [5, 5.41) is 13.1. The average Bonchev–Trinajstić information content (AvgIpc) is 2.26. The Labute approximate surface area is 106 Å². The maximum Gasteiger partial charge on any atom is 0.120 e. The molecule has 0 aliphatic rings. The zero-order valence-electron chi connectivity index (χ0n) is 10.6. The highest BCUT2D eigenvalue weighted by molar-refractivity contribution is 7.84. The van der Waals surface area contributed by atoms with Crippen LogP contribution in [0.3, 0.4) is 0 Å². The highest BCUT2D eigenvalue weighted by Gasteiger charge is 2.12. The van der Waals surface area contributed by atoms with Crippen molar-refractivity contribution in [2.24, 2.45) is 0 Å². The molecule has 3 unspecified atom stereocenters. The number of nitrogens with one attached hydrogen (secondary N) is 1. The summed E-state index contributed by atoms with van der Waals surface area (Å²) in [6.45, 7) is 4.10. The van der Waals surface area contributed by atoms with Gasteiger partial charge in [-0.2, -0.15) is 0 Å². The first-order chi connectivity index (χ1) is 8.00. The molecule has 0 saturated heterocycles. The molecule has 0 heterocycles. The third-order valence-corrected chi connectivity index (χ3v) is 3.59. The number of benzene rings is 1. The Balaban J connectivity index is 2.51. The summed E-state index contributed by atoms with van der Waals surface area (Å²) in [4.78, 5) is 0. The van der Waals surface area contributed by atoms with E-state index in [0.29, 0.717) is 11.5 Å². The van der Waals surface area contributed by atoms with Gasteiger partial charge in [0.05, 0.1) is 0 Å². The van der Waals surface area contributed by atoms with E-state index in [9.17, 15) is 9.32 Å². The molecule has 0 aromatic heterocycles. The summed E-state index contributed by atoms with van der Waals surface area (Å²) < 4.78 is 11.0.